The predicted octanol–water partition coefficient (Wildman–Crippen LogP) is 3.52. The van der Waals surface area contributed by atoms with Gasteiger partial charge in [0.15, 0.2) is 11.5 Å². The van der Waals surface area contributed by atoms with E-state index >= 15 is 0 Å². The number of hydrogen-bond acceptors (Lipinski definition) is 5. The Labute approximate surface area is 199 Å². The number of amides is 1. The van der Waals surface area contributed by atoms with Crippen molar-refractivity contribution in [3.8, 4) is 11.5 Å². The number of benzene rings is 3. The second-order valence-electron chi connectivity index (χ2n) is 8.34. The van der Waals surface area contributed by atoms with Crippen molar-refractivity contribution in [1.82, 2.24) is 9.62 Å². The van der Waals surface area contributed by atoms with E-state index in [9.17, 15) is 13.2 Å². The molecule has 0 saturated carbocycles. The minimum absolute atomic E-state index is 0.0964. The standard InChI is InChI=1S/C26H26N2O5S/c29-26(27-25(19-8-3-1-4-9-19)20-10-5-2-6-11-20)22-12-7-15-28(22)34(30,31)21-13-14-23-24(18-21)33-17-16-32-23/h1-6,8-11,13-14,18,22,25H,7,12,15-17H2,(H,27,29)/t22-/m0/s1. The first-order valence-corrected chi connectivity index (χ1v) is 12.8. The molecule has 1 amide bonds. The highest BCUT2D eigenvalue weighted by Gasteiger charge is 2.40. The molecule has 2 aliphatic heterocycles. The Bertz CT molecular complexity index is 1230. The van der Waals surface area contributed by atoms with Gasteiger partial charge in [-0.25, -0.2) is 8.42 Å². The molecular formula is C26H26N2O5S. The number of carbonyl (C=O) groups is 1. The molecule has 3 aromatic rings. The molecule has 0 radical (unpaired) electrons. The van der Waals surface area contributed by atoms with Crippen LogP contribution in [0.25, 0.3) is 0 Å². The summed E-state index contributed by atoms with van der Waals surface area (Å²) in [5.41, 5.74) is 1.86. The molecule has 0 unspecified atom stereocenters. The van der Waals surface area contributed by atoms with Crippen molar-refractivity contribution in [3.05, 3.63) is 90.0 Å². The number of nitrogens with zero attached hydrogens (tertiary/aromatic N) is 1. The number of nitrogens with one attached hydrogen (secondary N) is 1. The summed E-state index contributed by atoms with van der Waals surface area (Å²) in [4.78, 5) is 13.6. The Morgan fingerprint density at radius 2 is 1.50 bits per heavy atom. The quantitative estimate of drug-likeness (QED) is 0.586. The van der Waals surface area contributed by atoms with E-state index in [0.717, 1.165) is 11.1 Å². The molecule has 0 bridgehead atoms. The second-order valence-corrected chi connectivity index (χ2v) is 10.2. The van der Waals surface area contributed by atoms with Crippen LogP contribution in [0.5, 0.6) is 11.5 Å². The zero-order valence-corrected chi connectivity index (χ0v) is 19.4. The van der Waals surface area contributed by atoms with Gasteiger partial charge < -0.3 is 14.8 Å². The number of ether oxygens (including phenoxy) is 2. The van der Waals surface area contributed by atoms with Crippen molar-refractivity contribution < 1.29 is 22.7 Å². The van der Waals surface area contributed by atoms with Crippen LogP contribution in [0, 0.1) is 0 Å². The molecule has 2 aliphatic rings. The van der Waals surface area contributed by atoms with Gasteiger partial charge in [0.1, 0.15) is 19.3 Å². The smallest absolute Gasteiger partial charge is 0.243 e. The van der Waals surface area contributed by atoms with Gasteiger partial charge in [0.25, 0.3) is 0 Å². The molecule has 3 aromatic carbocycles. The van der Waals surface area contributed by atoms with Gasteiger partial charge in [0, 0.05) is 12.6 Å². The summed E-state index contributed by atoms with van der Waals surface area (Å²) in [7, 11) is -3.89. The molecule has 7 nitrogen and oxygen atoms in total. The summed E-state index contributed by atoms with van der Waals surface area (Å²) in [5.74, 6) is 0.617. The average molecular weight is 479 g/mol. The monoisotopic (exact) mass is 478 g/mol. The van der Waals surface area contributed by atoms with Gasteiger partial charge in [-0.15, -0.1) is 0 Å². The summed E-state index contributed by atoms with van der Waals surface area (Å²) < 4.78 is 39.4. The zero-order chi connectivity index (χ0) is 23.5. The van der Waals surface area contributed by atoms with E-state index in [1.54, 1.807) is 6.07 Å². The third-order valence-electron chi connectivity index (χ3n) is 6.18. The number of hydrogen-bond donors (Lipinski definition) is 1. The van der Waals surface area contributed by atoms with E-state index < -0.39 is 16.1 Å². The summed E-state index contributed by atoms with van der Waals surface area (Å²) >= 11 is 0. The molecule has 1 saturated heterocycles. The van der Waals surface area contributed by atoms with Crippen molar-refractivity contribution in [3.63, 3.8) is 0 Å². The highest BCUT2D eigenvalue weighted by atomic mass is 32.2. The van der Waals surface area contributed by atoms with Crippen LogP contribution in [-0.4, -0.2) is 44.4 Å². The Balaban J connectivity index is 1.41. The third-order valence-corrected chi connectivity index (χ3v) is 8.08. The van der Waals surface area contributed by atoms with Gasteiger partial charge in [-0.05, 0) is 36.1 Å². The van der Waals surface area contributed by atoms with Crippen molar-refractivity contribution >= 4 is 15.9 Å². The second kappa shape index (κ2) is 9.48. The molecule has 1 fully saturated rings. The van der Waals surface area contributed by atoms with Gasteiger partial charge in [0.2, 0.25) is 15.9 Å². The van der Waals surface area contributed by atoms with E-state index in [0.29, 0.717) is 37.6 Å². The van der Waals surface area contributed by atoms with E-state index in [4.69, 9.17) is 9.47 Å². The van der Waals surface area contributed by atoms with Crippen LogP contribution in [0.2, 0.25) is 0 Å². The molecule has 2 heterocycles. The summed E-state index contributed by atoms with van der Waals surface area (Å²) in [6.07, 6.45) is 1.08. The molecule has 1 atom stereocenters. The normalized spacial score (nSPS) is 18.1. The van der Waals surface area contributed by atoms with Crippen LogP contribution in [0.4, 0.5) is 0 Å². The predicted molar refractivity (Wildman–Crippen MR) is 127 cm³/mol. The molecule has 0 spiro atoms. The van der Waals surface area contributed by atoms with Crippen LogP contribution < -0.4 is 14.8 Å². The fourth-order valence-electron chi connectivity index (χ4n) is 4.50. The van der Waals surface area contributed by atoms with E-state index in [1.165, 1.54) is 16.4 Å². The minimum Gasteiger partial charge on any atom is -0.486 e. The van der Waals surface area contributed by atoms with Crippen LogP contribution in [-0.2, 0) is 14.8 Å². The Kier molecular flexibility index (Phi) is 6.26. The molecule has 5 rings (SSSR count). The van der Waals surface area contributed by atoms with Crippen LogP contribution in [0.3, 0.4) is 0 Å². The van der Waals surface area contributed by atoms with Crippen LogP contribution >= 0.6 is 0 Å². The lowest BCUT2D eigenvalue weighted by molar-refractivity contribution is -0.124. The van der Waals surface area contributed by atoms with Crippen molar-refractivity contribution in [1.29, 1.82) is 0 Å². The zero-order valence-electron chi connectivity index (χ0n) is 18.6. The largest absolute Gasteiger partial charge is 0.486 e. The third kappa shape index (κ3) is 4.38. The first-order chi connectivity index (χ1) is 16.5. The van der Waals surface area contributed by atoms with Gasteiger partial charge in [-0.1, -0.05) is 60.7 Å². The van der Waals surface area contributed by atoms with E-state index in [1.807, 2.05) is 60.7 Å². The maximum absolute atomic E-state index is 13.5. The SMILES string of the molecule is O=C(NC(c1ccccc1)c1ccccc1)[C@@H]1CCCN1S(=O)(=O)c1ccc2c(c1)OCCO2. The summed E-state index contributed by atoms with van der Waals surface area (Å²) in [6, 6.07) is 22.8. The van der Waals surface area contributed by atoms with Crippen LogP contribution in [0.1, 0.15) is 30.0 Å². The van der Waals surface area contributed by atoms with Gasteiger partial charge in [-0.2, -0.15) is 4.31 Å². The fraction of sp³-hybridized carbons (Fsp3) is 0.269. The lowest BCUT2D eigenvalue weighted by Crippen LogP contribution is -2.47. The highest BCUT2D eigenvalue weighted by Crippen LogP contribution is 2.35. The Morgan fingerprint density at radius 1 is 0.882 bits per heavy atom. The first kappa shape index (κ1) is 22.4. The average Bonchev–Trinajstić information content (AvgIpc) is 3.39. The number of sulfonamides is 1. The number of carbonyl (C=O) groups excluding carboxylic acids is 1. The summed E-state index contributed by atoms with van der Waals surface area (Å²) in [6.45, 7) is 1.08. The van der Waals surface area contributed by atoms with Gasteiger partial charge >= 0.3 is 0 Å². The maximum Gasteiger partial charge on any atom is 0.243 e. The van der Waals surface area contributed by atoms with E-state index in [2.05, 4.69) is 5.32 Å². The molecule has 0 aliphatic carbocycles. The molecule has 34 heavy (non-hydrogen) atoms. The fourth-order valence-corrected chi connectivity index (χ4v) is 6.17. The lowest BCUT2D eigenvalue weighted by atomic mass is 9.98. The maximum atomic E-state index is 13.5. The highest BCUT2D eigenvalue weighted by molar-refractivity contribution is 7.89. The Morgan fingerprint density at radius 3 is 2.15 bits per heavy atom. The molecule has 8 heteroatoms. The van der Waals surface area contributed by atoms with Crippen molar-refractivity contribution in [2.24, 2.45) is 0 Å². The van der Waals surface area contributed by atoms with E-state index in [-0.39, 0.29) is 23.4 Å². The first-order valence-electron chi connectivity index (χ1n) is 11.4. The molecular weight excluding hydrogens is 452 g/mol. The molecule has 176 valence electrons. The van der Waals surface area contributed by atoms with Crippen molar-refractivity contribution in [2.45, 2.75) is 29.8 Å². The lowest BCUT2D eigenvalue weighted by Gasteiger charge is -2.27. The Hall–Kier alpha value is -3.36. The minimum atomic E-state index is -3.89. The molecule has 0 aromatic heterocycles. The number of fused-ring (bicyclic) bond motifs is 1. The number of rotatable bonds is 6. The van der Waals surface area contributed by atoms with Gasteiger partial charge in [-0.3, -0.25) is 4.79 Å². The topological polar surface area (TPSA) is 84.9 Å². The van der Waals surface area contributed by atoms with Crippen molar-refractivity contribution in [2.75, 3.05) is 19.8 Å². The van der Waals surface area contributed by atoms with Crippen LogP contribution in [0.15, 0.2) is 83.8 Å². The summed E-state index contributed by atoms with van der Waals surface area (Å²) in [5, 5.41) is 3.11. The molecule has 1 N–H and O–H groups in total. The van der Waals surface area contributed by atoms with Gasteiger partial charge in [0.05, 0.1) is 10.9 Å².